The second-order valence-electron chi connectivity index (χ2n) is 8.87. The second-order valence-corrected chi connectivity index (χ2v) is 10.2. The van der Waals surface area contributed by atoms with E-state index < -0.39 is 0 Å². The number of aromatic nitrogens is 3. The predicted octanol–water partition coefficient (Wildman–Crippen LogP) is 4.97. The van der Waals surface area contributed by atoms with Crippen LogP contribution >= 0.6 is 11.8 Å². The lowest BCUT2D eigenvalue weighted by molar-refractivity contribution is -0.131. The Kier molecular flexibility index (Phi) is 7.70. The van der Waals surface area contributed by atoms with Crippen LogP contribution < -0.4 is 4.74 Å². The Hall–Kier alpha value is -2.80. The molecule has 1 aromatic heterocycles. The molecular formula is C26H32N4O2S. The SMILES string of the molecule is CC(C)CCn1c(COc2ccccc2)nnc1SC(C)C(=O)N1CCc2ccccc2C1. The molecule has 0 bridgehead atoms. The number of benzene rings is 2. The molecule has 1 unspecified atom stereocenters. The van der Waals surface area contributed by atoms with E-state index in [1.165, 1.54) is 22.9 Å². The summed E-state index contributed by atoms with van der Waals surface area (Å²) in [7, 11) is 0. The molecule has 3 aromatic rings. The zero-order valence-electron chi connectivity index (χ0n) is 19.6. The van der Waals surface area contributed by atoms with Crippen LogP contribution in [0.4, 0.5) is 0 Å². The molecule has 1 aliphatic heterocycles. The quantitative estimate of drug-likeness (QED) is 0.419. The molecule has 0 aliphatic carbocycles. The van der Waals surface area contributed by atoms with Gasteiger partial charge < -0.3 is 14.2 Å². The minimum atomic E-state index is -0.236. The van der Waals surface area contributed by atoms with Gasteiger partial charge in [0.1, 0.15) is 12.4 Å². The van der Waals surface area contributed by atoms with E-state index >= 15 is 0 Å². The van der Waals surface area contributed by atoms with Crippen molar-refractivity contribution in [1.82, 2.24) is 19.7 Å². The fraction of sp³-hybridized carbons (Fsp3) is 0.423. The molecule has 0 radical (unpaired) electrons. The van der Waals surface area contributed by atoms with Crippen molar-refractivity contribution in [1.29, 1.82) is 0 Å². The predicted molar refractivity (Wildman–Crippen MR) is 131 cm³/mol. The molecule has 0 fully saturated rings. The molecule has 2 aromatic carbocycles. The molecule has 0 saturated heterocycles. The molecule has 0 N–H and O–H groups in total. The highest BCUT2D eigenvalue weighted by Gasteiger charge is 2.27. The first kappa shape index (κ1) is 23.4. The van der Waals surface area contributed by atoms with Crippen LogP contribution in [0.2, 0.25) is 0 Å². The number of ether oxygens (including phenoxy) is 1. The Labute approximate surface area is 200 Å². The van der Waals surface area contributed by atoms with E-state index in [4.69, 9.17) is 4.74 Å². The molecule has 0 saturated carbocycles. The minimum Gasteiger partial charge on any atom is -0.486 e. The minimum absolute atomic E-state index is 0.148. The van der Waals surface area contributed by atoms with Crippen molar-refractivity contribution in [2.75, 3.05) is 6.54 Å². The number of amides is 1. The molecular weight excluding hydrogens is 432 g/mol. The van der Waals surface area contributed by atoms with Crippen molar-refractivity contribution in [3.05, 3.63) is 71.5 Å². The van der Waals surface area contributed by atoms with Crippen LogP contribution in [0.15, 0.2) is 59.8 Å². The van der Waals surface area contributed by atoms with Crippen LogP contribution in [0, 0.1) is 5.92 Å². The Morgan fingerprint density at radius 1 is 1.03 bits per heavy atom. The van der Waals surface area contributed by atoms with Crippen LogP contribution in [-0.4, -0.2) is 37.4 Å². The highest BCUT2D eigenvalue weighted by Crippen LogP contribution is 2.27. The van der Waals surface area contributed by atoms with E-state index in [0.717, 1.165) is 42.7 Å². The molecule has 2 heterocycles. The highest BCUT2D eigenvalue weighted by atomic mass is 32.2. The van der Waals surface area contributed by atoms with Gasteiger partial charge in [0, 0.05) is 19.6 Å². The van der Waals surface area contributed by atoms with E-state index in [-0.39, 0.29) is 11.2 Å². The Bertz CT molecular complexity index is 1070. The van der Waals surface area contributed by atoms with Gasteiger partial charge in [-0.05, 0) is 48.9 Å². The van der Waals surface area contributed by atoms with Gasteiger partial charge in [0.25, 0.3) is 0 Å². The van der Waals surface area contributed by atoms with E-state index in [0.29, 0.717) is 19.1 Å². The monoisotopic (exact) mass is 464 g/mol. The fourth-order valence-corrected chi connectivity index (χ4v) is 4.92. The largest absolute Gasteiger partial charge is 0.486 e. The first-order valence-corrected chi connectivity index (χ1v) is 12.5. The maximum Gasteiger partial charge on any atom is 0.236 e. The summed E-state index contributed by atoms with van der Waals surface area (Å²) in [6.45, 7) is 8.97. The Morgan fingerprint density at radius 2 is 1.76 bits per heavy atom. The Morgan fingerprint density at radius 3 is 2.52 bits per heavy atom. The summed E-state index contributed by atoms with van der Waals surface area (Å²) < 4.78 is 8.04. The van der Waals surface area contributed by atoms with Gasteiger partial charge in [0.05, 0.1) is 5.25 Å². The van der Waals surface area contributed by atoms with Crippen molar-refractivity contribution in [3.63, 3.8) is 0 Å². The molecule has 0 spiro atoms. The third kappa shape index (κ3) is 5.96. The third-order valence-electron chi connectivity index (χ3n) is 5.91. The van der Waals surface area contributed by atoms with Gasteiger partial charge in [-0.1, -0.05) is 68.1 Å². The highest BCUT2D eigenvalue weighted by molar-refractivity contribution is 8.00. The smallest absolute Gasteiger partial charge is 0.236 e. The van der Waals surface area contributed by atoms with Gasteiger partial charge in [0.15, 0.2) is 11.0 Å². The lowest BCUT2D eigenvalue weighted by Crippen LogP contribution is -2.40. The normalized spacial score (nSPS) is 14.2. The summed E-state index contributed by atoms with van der Waals surface area (Å²) in [5.74, 6) is 2.29. The molecule has 1 aliphatic rings. The molecule has 1 amide bonds. The summed E-state index contributed by atoms with van der Waals surface area (Å²) in [5.41, 5.74) is 2.59. The van der Waals surface area contributed by atoms with Gasteiger partial charge in [-0.15, -0.1) is 10.2 Å². The molecule has 6 nitrogen and oxygen atoms in total. The van der Waals surface area contributed by atoms with Crippen LogP contribution in [-0.2, 0) is 30.9 Å². The molecule has 4 rings (SSSR count). The average Bonchev–Trinajstić information content (AvgIpc) is 3.22. The fourth-order valence-electron chi connectivity index (χ4n) is 3.94. The van der Waals surface area contributed by atoms with Crippen LogP contribution in [0.25, 0.3) is 0 Å². The number of hydrogen-bond donors (Lipinski definition) is 0. The number of thioether (sulfide) groups is 1. The van der Waals surface area contributed by atoms with Crippen LogP contribution in [0.5, 0.6) is 5.75 Å². The average molecular weight is 465 g/mol. The van der Waals surface area contributed by atoms with Crippen molar-refractivity contribution in [3.8, 4) is 5.75 Å². The van der Waals surface area contributed by atoms with Gasteiger partial charge in [-0.2, -0.15) is 0 Å². The Balaban J connectivity index is 1.44. The zero-order chi connectivity index (χ0) is 23.2. The standard InChI is InChI=1S/C26H32N4O2S/c1-19(2)13-16-30-24(18-32-23-11-5-4-6-12-23)27-28-26(30)33-20(3)25(31)29-15-14-21-9-7-8-10-22(21)17-29/h4-12,19-20H,13-18H2,1-3H3. The van der Waals surface area contributed by atoms with E-state index in [1.807, 2.05) is 48.2 Å². The van der Waals surface area contributed by atoms with Crippen molar-refractivity contribution < 1.29 is 9.53 Å². The van der Waals surface area contributed by atoms with Gasteiger partial charge in [-0.25, -0.2) is 0 Å². The number of rotatable bonds is 9. The van der Waals surface area contributed by atoms with Crippen molar-refractivity contribution in [2.45, 2.75) is 63.7 Å². The number of fused-ring (bicyclic) bond motifs is 1. The maximum absolute atomic E-state index is 13.2. The number of carbonyl (C=O) groups is 1. The molecule has 7 heteroatoms. The van der Waals surface area contributed by atoms with Gasteiger partial charge in [-0.3, -0.25) is 4.79 Å². The number of para-hydroxylation sites is 1. The summed E-state index contributed by atoms with van der Waals surface area (Å²) >= 11 is 1.49. The number of nitrogens with zero attached hydrogens (tertiary/aromatic N) is 4. The zero-order valence-corrected chi connectivity index (χ0v) is 20.4. The van der Waals surface area contributed by atoms with Gasteiger partial charge >= 0.3 is 0 Å². The summed E-state index contributed by atoms with van der Waals surface area (Å²) in [6.07, 6.45) is 1.92. The molecule has 33 heavy (non-hydrogen) atoms. The van der Waals surface area contributed by atoms with Crippen molar-refractivity contribution in [2.24, 2.45) is 5.92 Å². The lowest BCUT2D eigenvalue weighted by Gasteiger charge is -2.30. The molecule has 1 atom stereocenters. The van der Waals surface area contributed by atoms with Crippen LogP contribution in [0.1, 0.15) is 44.1 Å². The third-order valence-corrected chi connectivity index (χ3v) is 6.97. The first-order valence-electron chi connectivity index (χ1n) is 11.6. The number of hydrogen-bond acceptors (Lipinski definition) is 5. The van der Waals surface area contributed by atoms with Crippen molar-refractivity contribution >= 4 is 17.7 Å². The van der Waals surface area contributed by atoms with E-state index in [1.54, 1.807) is 0 Å². The second kappa shape index (κ2) is 10.9. The lowest BCUT2D eigenvalue weighted by atomic mass is 10.00. The van der Waals surface area contributed by atoms with Gasteiger partial charge in [0.2, 0.25) is 5.91 Å². The molecule has 174 valence electrons. The van der Waals surface area contributed by atoms with Crippen LogP contribution in [0.3, 0.4) is 0 Å². The summed E-state index contributed by atoms with van der Waals surface area (Å²) in [6, 6.07) is 18.1. The van der Waals surface area contributed by atoms with E-state index in [9.17, 15) is 4.79 Å². The summed E-state index contributed by atoms with van der Waals surface area (Å²) in [4.78, 5) is 15.2. The number of carbonyl (C=O) groups excluding carboxylic acids is 1. The topological polar surface area (TPSA) is 60.2 Å². The van der Waals surface area contributed by atoms with E-state index in [2.05, 4.69) is 46.8 Å². The summed E-state index contributed by atoms with van der Waals surface area (Å²) in [5, 5.41) is 9.38. The maximum atomic E-state index is 13.2. The first-order chi connectivity index (χ1) is 16.0.